The molecule has 1 aromatic rings. The molecule has 0 atom stereocenters. The summed E-state index contributed by atoms with van der Waals surface area (Å²) in [5.74, 6) is -1.22. The van der Waals surface area contributed by atoms with Crippen LogP contribution in [0.2, 0.25) is 0 Å². The number of para-hydroxylation sites is 1. The Bertz CT molecular complexity index is 403. The fraction of sp³-hybridized carbons (Fsp3) is 0.333. The summed E-state index contributed by atoms with van der Waals surface area (Å²) in [5.41, 5.74) is 1.09. The Labute approximate surface area is 99.4 Å². The normalized spacial score (nSPS) is 9.94. The molecule has 1 amide bonds. The maximum Gasteiger partial charge on any atom is 0.307 e. The molecule has 0 heterocycles. The molecule has 1 aromatic carbocycles. The fourth-order valence-electron chi connectivity index (χ4n) is 1.34. The van der Waals surface area contributed by atoms with Gasteiger partial charge in [0.05, 0.1) is 6.42 Å². The van der Waals surface area contributed by atoms with Gasteiger partial charge in [0.15, 0.2) is 0 Å². The van der Waals surface area contributed by atoms with Crippen LogP contribution in [0.1, 0.15) is 12.5 Å². The van der Waals surface area contributed by atoms with Crippen molar-refractivity contribution in [2.24, 2.45) is 0 Å². The number of rotatable bonds is 6. The lowest BCUT2D eigenvalue weighted by Crippen LogP contribution is -2.19. The van der Waals surface area contributed by atoms with Crippen molar-refractivity contribution in [3.05, 3.63) is 29.8 Å². The number of hydrogen-bond acceptors (Lipinski definition) is 3. The van der Waals surface area contributed by atoms with Crippen LogP contribution in [0.15, 0.2) is 24.3 Å². The molecule has 0 aliphatic carbocycles. The summed E-state index contributed by atoms with van der Waals surface area (Å²) in [6.45, 7) is 2.23. The van der Waals surface area contributed by atoms with E-state index in [0.29, 0.717) is 17.9 Å². The lowest BCUT2D eigenvalue weighted by molar-refractivity contribution is -0.136. The second-order valence-corrected chi connectivity index (χ2v) is 3.41. The second-order valence-electron chi connectivity index (χ2n) is 3.41. The average molecular weight is 237 g/mol. The fourth-order valence-corrected chi connectivity index (χ4v) is 1.34. The number of benzene rings is 1. The van der Waals surface area contributed by atoms with E-state index in [4.69, 9.17) is 9.84 Å². The van der Waals surface area contributed by atoms with Crippen LogP contribution < -0.4 is 5.32 Å². The van der Waals surface area contributed by atoms with Crippen molar-refractivity contribution in [2.75, 3.05) is 18.5 Å². The van der Waals surface area contributed by atoms with Crippen molar-refractivity contribution in [2.45, 2.75) is 13.3 Å². The van der Waals surface area contributed by atoms with Gasteiger partial charge in [-0.25, -0.2) is 0 Å². The molecule has 0 aliphatic heterocycles. The van der Waals surface area contributed by atoms with Crippen LogP contribution in [-0.4, -0.2) is 30.2 Å². The number of amides is 1. The Hall–Kier alpha value is -1.88. The zero-order valence-corrected chi connectivity index (χ0v) is 9.60. The smallest absolute Gasteiger partial charge is 0.307 e. The van der Waals surface area contributed by atoms with Gasteiger partial charge >= 0.3 is 5.97 Å². The van der Waals surface area contributed by atoms with Crippen LogP contribution >= 0.6 is 0 Å². The number of ether oxygens (including phenoxy) is 1. The molecule has 0 aromatic heterocycles. The minimum Gasteiger partial charge on any atom is -0.481 e. The van der Waals surface area contributed by atoms with Gasteiger partial charge in [0.2, 0.25) is 5.91 Å². The van der Waals surface area contributed by atoms with E-state index in [1.807, 2.05) is 0 Å². The largest absolute Gasteiger partial charge is 0.481 e. The Morgan fingerprint density at radius 3 is 2.71 bits per heavy atom. The van der Waals surface area contributed by atoms with E-state index < -0.39 is 5.97 Å². The van der Waals surface area contributed by atoms with Crippen LogP contribution in [-0.2, 0) is 20.7 Å². The SMILES string of the molecule is CCOCC(=O)Nc1ccccc1CC(=O)O. The highest BCUT2D eigenvalue weighted by atomic mass is 16.5. The Balaban J connectivity index is 2.69. The molecule has 0 saturated heterocycles. The van der Waals surface area contributed by atoms with Crippen molar-refractivity contribution < 1.29 is 19.4 Å². The molecule has 92 valence electrons. The standard InChI is InChI=1S/C12H15NO4/c1-2-17-8-11(14)13-10-6-4-3-5-9(10)7-12(15)16/h3-6H,2,7-8H2,1H3,(H,13,14)(H,15,16). The van der Waals surface area contributed by atoms with Crippen LogP contribution in [0.3, 0.4) is 0 Å². The maximum atomic E-state index is 11.4. The van der Waals surface area contributed by atoms with Crippen molar-refractivity contribution >= 4 is 17.6 Å². The van der Waals surface area contributed by atoms with E-state index in [-0.39, 0.29) is 18.9 Å². The van der Waals surface area contributed by atoms with Gasteiger partial charge in [0, 0.05) is 12.3 Å². The van der Waals surface area contributed by atoms with E-state index in [1.165, 1.54) is 0 Å². The summed E-state index contributed by atoms with van der Waals surface area (Å²) in [6, 6.07) is 6.81. The summed E-state index contributed by atoms with van der Waals surface area (Å²) < 4.78 is 4.96. The predicted octanol–water partition coefficient (Wildman–Crippen LogP) is 1.29. The van der Waals surface area contributed by atoms with Crippen molar-refractivity contribution in [1.29, 1.82) is 0 Å². The predicted molar refractivity (Wildman–Crippen MR) is 62.9 cm³/mol. The van der Waals surface area contributed by atoms with Gasteiger partial charge in [-0.05, 0) is 18.6 Å². The first-order valence-corrected chi connectivity index (χ1v) is 5.30. The summed E-state index contributed by atoms with van der Waals surface area (Å²) in [7, 11) is 0. The number of carbonyl (C=O) groups excluding carboxylic acids is 1. The van der Waals surface area contributed by atoms with Crippen molar-refractivity contribution in [3.8, 4) is 0 Å². The molecule has 17 heavy (non-hydrogen) atoms. The van der Waals surface area contributed by atoms with E-state index in [9.17, 15) is 9.59 Å². The summed E-state index contributed by atoms with van der Waals surface area (Å²) in [5, 5.41) is 11.4. The first-order chi connectivity index (χ1) is 8.13. The highest BCUT2D eigenvalue weighted by Gasteiger charge is 2.08. The third-order valence-corrected chi connectivity index (χ3v) is 2.07. The summed E-state index contributed by atoms with van der Waals surface area (Å²) in [4.78, 5) is 22.1. The molecular formula is C12H15NO4. The molecule has 0 spiro atoms. The second kappa shape index (κ2) is 6.65. The van der Waals surface area contributed by atoms with Crippen molar-refractivity contribution in [1.82, 2.24) is 0 Å². The third-order valence-electron chi connectivity index (χ3n) is 2.07. The number of hydrogen-bond donors (Lipinski definition) is 2. The molecular weight excluding hydrogens is 222 g/mol. The highest BCUT2D eigenvalue weighted by molar-refractivity contribution is 5.93. The lowest BCUT2D eigenvalue weighted by atomic mass is 10.1. The molecule has 0 aliphatic rings. The number of anilines is 1. The van der Waals surface area contributed by atoms with E-state index >= 15 is 0 Å². The number of carboxylic acid groups (broad SMARTS) is 1. The molecule has 5 heteroatoms. The van der Waals surface area contributed by atoms with Gasteiger partial charge in [-0.3, -0.25) is 9.59 Å². The van der Waals surface area contributed by atoms with Gasteiger partial charge in [-0.1, -0.05) is 18.2 Å². The van der Waals surface area contributed by atoms with Crippen LogP contribution in [0.5, 0.6) is 0 Å². The topological polar surface area (TPSA) is 75.6 Å². The third kappa shape index (κ3) is 4.65. The van der Waals surface area contributed by atoms with Crippen LogP contribution in [0.4, 0.5) is 5.69 Å². The number of carboxylic acids is 1. The van der Waals surface area contributed by atoms with Gasteiger partial charge in [0.25, 0.3) is 0 Å². The zero-order valence-electron chi connectivity index (χ0n) is 9.60. The van der Waals surface area contributed by atoms with E-state index in [2.05, 4.69) is 5.32 Å². The summed E-state index contributed by atoms with van der Waals surface area (Å²) >= 11 is 0. The van der Waals surface area contributed by atoms with Crippen molar-refractivity contribution in [3.63, 3.8) is 0 Å². The average Bonchev–Trinajstić information content (AvgIpc) is 2.28. The van der Waals surface area contributed by atoms with Crippen LogP contribution in [0.25, 0.3) is 0 Å². The first kappa shape index (κ1) is 13.2. The minimum absolute atomic E-state index is 0.0299. The van der Waals surface area contributed by atoms with E-state index in [0.717, 1.165) is 0 Å². The molecule has 0 bridgehead atoms. The molecule has 1 rings (SSSR count). The Morgan fingerprint density at radius 1 is 1.35 bits per heavy atom. The molecule has 0 fully saturated rings. The number of nitrogens with one attached hydrogen (secondary N) is 1. The van der Waals surface area contributed by atoms with E-state index in [1.54, 1.807) is 31.2 Å². The number of carbonyl (C=O) groups is 2. The van der Waals surface area contributed by atoms with Gasteiger partial charge < -0.3 is 15.2 Å². The van der Waals surface area contributed by atoms with Gasteiger partial charge in [0.1, 0.15) is 6.61 Å². The van der Waals surface area contributed by atoms with Gasteiger partial charge in [-0.2, -0.15) is 0 Å². The van der Waals surface area contributed by atoms with Gasteiger partial charge in [-0.15, -0.1) is 0 Å². The lowest BCUT2D eigenvalue weighted by Gasteiger charge is -2.09. The monoisotopic (exact) mass is 237 g/mol. The quantitative estimate of drug-likeness (QED) is 0.781. The molecule has 2 N–H and O–H groups in total. The zero-order chi connectivity index (χ0) is 12.7. The first-order valence-electron chi connectivity index (χ1n) is 5.30. The molecule has 5 nitrogen and oxygen atoms in total. The Kier molecular flexibility index (Phi) is 5.16. The number of aliphatic carboxylic acids is 1. The molecule has 0 unspecified atom stereocenters. The highest BCUT2D eigenvalue weighted by Crippen LogP contribution is 2.15. The molecule has 0 radical (unpaired) electrons. The Morgan fingerprint density at radius 2 is 2.06 bits per heavy atom. The molecule has 0 saturated carbocycles. The summed E-state index contributed by atoms with van der Waals surface area (Å²) in [6.07, 6.45) is -0.120. The minimum atomic E-state index is -0.934. The van der Waals surface area contributed by atoms with Crippen LogP contribution in [0, 0.1) is 0 Å². The maximum absolute atomic E-state index is 11.4.